The molecule has 2 aromatic heterocycles. The van der Waals surface area contributed by atoms with E-state index in [4.69, 9.17) is 10.2 Å². The summed E-state index contributed by atoms with van der Waals surface area (Å²) in [6.45, 7) is 2.73. The lowest BCUT2D eigenvalue weighted by Gasteiger charge is -2.09. The number of benzene rings is 1. The predicted molar refractivity (Wildman–Crippen MR) is 77.1 cm³/mol. The van der Waals surface area contributed by atoms with Crippen LogP contribution in [0.1, 0.15) is 25.1 Å². The second-order valence-electron chi connectivity index (χ2n) is 4.81. The van der Waals surface area contributed by atoms with E-state index in [1.165, 1.54) is 6.39 Å². The Hall–Kier alpha value is -2.27. The summed E-state index contributed by atoms with van der Waals surface area (Å²) in [4.78, 5) is 13.1. The maximum absolute atomic E-state index is 5.59. The lowest BCUT2D eigenvalue weighted by atomic mass is 10.1. The molecule has 5 heteroatoms. The monoisotopic (exact) mass is 268 g/mol. The summed E-state index contributed by atoms with van der Waals surface area (Å²) in [5.74, 6) is 1.08. The number of oxazole rings is 1. The fraction of sp³-hybridized carbons (Fsp3) is 0.267. The summed E-state index contributed by atoms with van der Waals surface area (Å²) < 4.78 is 5.33. The van der Waals surface area contributed by atoms with Crippen LogP contribution < -0.4 is 5.73 Å². The summed E-state index contributed by atoms with van der Waals surface area (Å²) in [6.07, 6.45) is 4.11. The fourth-order valence-corrected chi connectivity index (χ4v) is 2.17. The molecule has 2 heterocycles. The molecule has 0 fully saturated rings. The Morgan fingerprint density at radius 3 is 3.00 bits per heavy atom. The van der Waals surface area contributed by atoms with E-state index in [0.717, 1.165) is 34.6 Å². The van der Waals surface area contributed by atoms with E-state index in [0.29, 0.717) is 6.54 Å². The van der Waals surface area contributed by atoms with Gasteiger partial charge in [0.2, 0.25) is 0 Å². The highest BCUT2D eigenvalue weighted by atomic mass is 16.3. The maximum atomic E-state index is 5.59. The van der Waals surface area contributed by atoms with Crippen molar-refractivity contribution in [2.24, 2.45) is 5.73 Å². The van der Waals surface area contributed by atoms with Gasteiger partial charge in [0.1, 0.15) is 11.3 Å². The van der Waals surface area contributed by atoms with Gasteiger partial charge in [-0.15, -0.1) is 0 Å². The van der Waals surface area contributed by atoms with Gasteiger partial charge in [-0.05, 0) is 31.2 Å². The van der Waals surface area contributed by atoms with E-state index in [1.54, 1.807) is 6.20 Å². The van der Waals surface area contributed by atoms with Crippen molar-refractivity contribution >= 4 is 11.1 Å². The van der Waals surface area contributed by atoms with Crippen LogP contribution in [-0.4, -0.2) is 21.5 Å². The first-order chi connectivity index (χ1) is 9.78. The van der Waals surface area contributed by atoms with Crippen LogP contribution in [0.15, 0.2) is 41.3 Å². The minimum atomic E-state index is 0.258. The molecule has 0 amide bonds. The van der Waals surface area contributed by atoms with Gasteiger partial charge in [0, 0.05) is 17.7 Å². The first-order valence-corrected chi connectivity index (χ1v) is 6.64. The normalized spacial score (nSPS) is 12.7. The van der Waals surface area contributed by atoms with Crippen LogP contribution in [0.25, 0.3) is 22.4 Å². The van der Waals surface area contributed by atoms with Gasteiger partial charge in [-0.2, -0.15) is 0 Å². The van der Waals surface area contributed by atoms with Gasteiger partial charge in [0.25, 0.3) is 0 Å². The molecule has 0 saturated heterocycles. The molecular weight excluding hydrogens is 252 g/mol. The lowest BCUT2D eigenvalue weighted by molar-refractivity contribution is 0.602. The molecule has 102 valence electrons. The van der Waals surface area contributed by atoms with Gasteiger partial charge in [-0.25, -0.2) is 15.0 Å². The summed E-state index contributed by atoms with van der Waals surface area (Å²) in [7, 11) is 0. The molecule has 1 unspecified atom stereocenters. The number of hydrogen-bond acceptors (Lipinski definition) is 5. The molecule has 0 aliphatic heterocycles. The van der Waals surface area contributed by atoms with Crippen LogP contribution in [0.4, 0.5) is 0 Å². The van der Waals surface area contributed by atoms with Gasteiger partial charge < -0.3 is 10.2 Å². The number of aromatic nitrogens is 3. The smallest absolute Gasteiger partial charge is 0.181 e. The number of nitrogens with zero attached hydrogens (tertiary/aromatic N) is 3. The average molecular weight is 268 g/mol. The second kappa shape index (κ2) is 5.38. The Bertz CT molecular complexity index is 722. The molecule has 0 saturated carbocycles. The summed E-state index contributed by atoms with van der Waals surface area (Å²) in [5, 5.41) is 0. The molecule has 5 nitrogen and oxygen atoms in total. The predicted octanol–water partition coefficient (Wildman–Crippen LogP) is 2.74. The molecule has 0 bridgehead atoms. The van der Waals surface area contributed by atoms with E-state index in [9.17, 15) is 0 Å². The zero-order chi connectivity index (χ0) is 13.9. The van der Waals surface area contributed by atoms with Crippen molar-refractivity contribution in [3.05, 3.63) is 42.7 Å². The van der Waals surface area contributed by atoms with Crippen molar-refractivity contribution in [3.8, 4) is 11.3 Å². The molecule has 0 aliphatic rings. The van der Waals surface area contributed by atoms with E-state index in [2.05, 4.69) is 21.9 Å². The van der Waals surface area contributed by atoms with Crippen LogP contribution in [-0.2, 0) is 0 Å². The summed E-state index contributed by atoms with van der Waals surface area (Å²) >= 11 is 0. The number of fused-ring (bicyclic) bond motifs is 1. The third-order valence-corrected chi connectivity index (χ3v) is 3.34. The van der Waals surface area contributed by atoms with E-state index < -0.39 is 0 Å². The van der Waals surface area contributed by atoms with Gasteiger partial charge in [0.05, 0.1) is 5.69 Å². The van der Waals surface area contributed by atoms with Gasteiger partial charge in [-0.3, -0.25) is 0 Å². The third kappa shape index (κ3) is 2.40. The highest BCUT2D eigenvalue weighted by Gasteiger charge is 2.10. The van der Waals surface area contributed by atoms with Gasteiger partial charge in [-0.1, -0.05) is 13.0 Å². The molecule has 3 aromatic rings. The van der Waals surface area contributed by atoms with E-state index in [1.807, 2.05) is 24.3 Å². The minimum Gasteiger partial charge on any atom is -0.443 e. The highest BCUT2D eigenvalue weighted by molar-refractivity contribution is 5.78. The molecule has 1 atom stereocenters. The largest absolute Gasteiger partial charge is 0.443 e. The SMILES string of the molecule is CC(CCN)c1nccc(-c2ccc3ncoc3c2)n1. The molecular formula is C15H16N4O. The van der Waals surface area contributed by atoms with Crippen molar-refractivity contribution in [2.75, 3.05) is 6.54 Å². The minimum absolute atomic E-state index is 0.258. The first-order valence-electron chi connectivity index (χ1n) is 6.64. The van der Waals surface area contributed by atoms with Crippen LogP contribution >= 0.6 is 0 Å². The summed E-state index contributed by atoms with van der Waals surface area (Å²) in [5.41, 5.74) is 9.08. The molecule has 0 spiro atoms. The quantitative estimate of drug-likeness (QED) is 0.787. The van der Waals surface area contributed by atoms with Crippen LogP contribution in [0.5, 0.6) is 0 Å². The third-order valence-electron chi connectivity index (χ3n) is 3.34. The van der Waals surface area contributed by atoms with Crippen LogP contribution in [0, 0.1) is 0 Å². The van der Waals surface area contributed by atoms with Crippen LogP contribution in [0.2, 0.25) is 0 Å². The summed E-state index contributed by atoms with van der Waals surface area (Å²) in [6, 6.07) is 7.77. The maximum Gasteiger partial charge on any atom is 0.181 e. The Kier molecular flexibility index (Phi) is 3.43. The van der Waals surface area contributed by atoms with Gasteiger partial charge in [0.15, 0.2) is 12.0 Å². The molecule has 1 aromatic carbocycles. The molecule has 2 N–H and O–H groups in total. The van der Waals surface area contributed by atoms with Crippen molar-refractivity contribution in [1.82, 2.24) is 15.0 Å². The number of hydrogen-bond donors (Lipinski definition) is 1. The fourth-order valence-electron chi connectivity index (χ4n) is 2.17. The van der Waals surface area contributed by atoms with Gasteiger partial charge >= 0.3 is 0 Å². The zero-order valence-electron chi connectivity index (χ0n) is 11.3. The molecule has 0 radical (unpaired) electrons. The molecule has 0 aliphatic carbocycles. The molecule has 20 heavy (non-hydrogen) atoms. The standard InChI is InChI=1S/C15H16N4O/c1-10(4-6-16)15-17-7-5-12(19-15)11-2-3-13-14(8-11)20-9-18-13/h2-3,5,7-10H,4,6,16H2,1H3. The van der Waals surface area contributed by atoms with Crippen molar-refractivity contribution < 1.29 is 4.42 Å². The highest BCUT2D eigenvalue weighted by Crippen LogP contribution is 2.23. The number of rotatable bonds is 4. The lowest BCUT2D eigenvalue weighted by Crippen LogP contribution is -2.08. The zero-order valence-corrected chi connectivity index (χ0v) is 11.3. The van der Waals surface area contributed by atoms with E-state index >= 15 is 0 Å². The van der Waals surface area contributed by atoms with Crippen molar-refractivity contribution in [2.45, 2.75) is 19.3 Å². The Morgan fingerprint density at radius 1 is 1.25 bits per heavy atom. The van der Waals surface area contributed by atoms with Crippen LogP contribution in [0.3, 0.4) is 0 Å². The Labute approximate surface area is 116 Å². The Morgan fingerprint density at radius 2 is 2.15 bits per heavy atom. The van der Waals surface area contributed by atoms with E-state index in [-0.39, 0.29) is 5.92 Å². The average Bonchev–Trinajstić information content (AvgIpc) is 2.95. The topological polar surface area (TPSA) is 77.8 Å². The van der Waals surface area contributed by atoms with Crippen molar-refractivity contribution in [3.63, 3.8) is 0 Å². The van der Waals surface area contributed by atoms with Crippen molar-refractivity contribution in [1.29, 1.82) is 0 Å². The second-order valence-corrected chi connectivity index (χ2v) is 4.81. The Balaban J connectivity index is 1.98. The molecule has 3 rings (SSSR count). The number of nitrogens with two attached hydrogens (primary N) is 1. The first kappa shape index (κ1) is 12.7.